The lowest BCUT2D eigenvalue weighted by Crippen LogP contribution is -2.09. The quantitative estimate of drug-likeness (QED) is 0.363. The third-order valence-corrected chi connectivity index (χ3v) is 7.92. The Hall–Kier alpha value is 1.52. The summed E-state index contributed by atoms with van der Waals surface area (Å²) in [5.41, 5.74) is 0. The molecule has 4 unspecified atom stereocenters. The number of aliphatic hydroxyl groups is 2. The van der Waals surface area contributed by atoms with Crippen LogP contribution in [-0.4, -0.2) is 107 Å². The largest absolute Gasteiger partial charge is 0.396 e. The lowest BCUT2D eigenvalue weighted by molar-refractivity contribution is -0.111. The first kappa shape index (κ1) is 44.5. The van der Waals surface area contributed by atoms with Gasteiger partial charge in [-0.3, -0.25) is 18.7 Å². The van der Waals surface area contributed by atoms with E-state index in [1.165, 1.54) is 0 Å². The molecule has 8 nitrogen and oxygen atoms in total. The van der Waals surface area contributed by atoms with Crippen LogP contribution in [0.25, 0.3) is 0 Å². The highest BCUT2D eigenvalue weighted by atomic mass is 32.1. The molecule has 14 heteroatoms. The third-order valence-electron chi connectivity index (χ3n) is 6.05. The molecule has 0 radical (unpaired) electrons. The van der Waals surface area contributed by atoms with Gasteiger partial charge in [0.2, 0.25) is 0 Å². The number of hydrogen-bond acceptors (Lipinski definition) is 8. The van der Waals surface area contributed by atoms with E-state index in [0.717, 1.165) is 90.6 Å². The molecule has 0 aliphatic carbocycles. The summed E-state index contributed by atoms with van der Waals surface area (Å²) in [7, 11) is 10.5. The van der Waals surface area contributed by atoms with E-state index >= 15 is 0 Å². The van der Waals surface area contributed by atoms with Gasteiger partial charge >= 0.3 is 0 Å². The summed E-state index contributed by atoms with van der Waals surface area (Å²) in [6, 6.07) is 0. The van der Waals surface area contributed by atoms with Crippen molar-refractivity contribution in [2.45, 2.75) is 40.5 Å². The molecule has 4 saturated heterocycles. The van der Waals surface area contributed by atoms with Crippen molar-refractivity contribution >= 4 is 77.1 Å². The molecule has 4 aliphatic heterocycles. The number of aldehydes is 2. The van der Waals surface area contributed by atoms with Crippen LogP contribution in [0.2, 0.25) is 0 Å². The van der Waals surface area contributed by atoms with Crippen molar-refractivity contribution < 1.29 is 19.8 Å². The van der Waals surface area contributed by atoms with E-state index in [1.54, 1.807) is 0 Å². The number of rotatable bonds is 4. The van der Waals surface area contributed by atoms with Crippen LogP contribution in [0.3, 0.4) is 0 Å². The van der Waals surface area contributed by atoms with Gasteiger partial charge in [0, 0.05) is 77.4 Å². The smallest absolute Gasteiger partial charge is 0.124 e. The molecule has 220 valence electrons. The van der Waals surface area contributed by atoms with Gasteiger partial charge in [-0.05, 0) is 37.5 Å². The minimum atomic E-state index is 0. The number of hydrogen-bond donors (Lipinski definition) is 2. The Balaban J connectivity index is -0.000000183. The van der Waals surface area contributed by atoms with E-state index in [9.17, 15) is 9.59 Å². The average molecular weight is 629 g/mol. The van der Waals surface area contributed by atoms with Gasteiger partial charge in [0.1, 0.15) is 12.6 Å². The summed E-state index contributed by atoms with van der Waals surface area (Å²) < 4.78 is 8.53. The first-order valence-corrected chi connectivity index (χ1v) is 13.5. The average Bonchev–Trinajstić information content (AvgIpc) is 3.58. The van der Waals surface area contributed by atoms with Crippen LogP contribution in [0.15, 0.2) is 0 Å². The van der Waals surface area contributed by atoms with Crippen LogP contribution in [0.5, 0.6) is 0 Å². The number of aliphatic hydroxyl groups excluding tert-OH is 2. The topological polar surface area (TPSA) is 87.6 Å². The zero-order chi connectivity index (χ0) is 23.9. The van der Waals surface area contributed by atoms with Gasteiger partial charge in [-0.1, -0.05) is 52.4 Å². The van der Waals surface area contributed by atoms with Gasteiger partial charge < -0.3 is 19.8 Å². The summed E-state index contributed by atoms with van der Waals surface area (Å²) in [5.74, 6) is 1.67. The van der Waals surface area contributed by atoms with E-state index in [0.29, 0.717) is 36.9 Å². The Bertz CT molecular complexity index is 494. The van der Waals surface area contributed by atoms with Gasteiger partial charge in [-0.25, -0.2) is 0 Å². The Morgan fingerprint density at radius 1 is 0.583 bits per heavy atom. The molecule has 36 heavy (non-hydrogen) atoms. The normalized spacial score (nSPS) is 27.7. The predicted molar refractivity (Wildman–Crippen MR) is 178 cm³/mol. The maximum absolute atomic E-state index is 10.1. The highest BCUT2D eigenvalue weighted by molar-refractivity contribution is 7.59. The van der Waals surface area contributed by atoms with E-state index in [4.69, 9.17) is 10.2 Å². The molecule has 4 heterocycles. The summed E-state index contributed by atoms with van der Waals surface area (Å²) in [4.78, 5) is 20.2. The number of nitrogens with zero attached hydrogens (tertiary/aromatic N) is 4. The van der Waals surface area contributed by atoms with Crippen LogP contribution in [-0.2, 0) is 9.59 Å². The predicted octanol–water partition coefficient (Wildman–Crippen LogP) is 2.27. The molecular weight excluding hydrogens is 572 g/mol. The summed E-state index contributed by atoms with van der Waals surface area (Å²) in [6.07, 6.45) is 6.47. The minimum absolute atomic E-state index is 0. The van der Waals surface area contributed by atoms with Crippen molar-refractivity contribution in [3.8, 4) is 0 Å². The van der Waals surface area contributed by atoms with Crippen molar-refractivity contribution in [3.63, 3.8) is 0 Å². The third kappa shape index (κ3) is 20.4. The first-order valence-electron chi connectivity index (χ1n) is 11.4. The van der Waals surface area contributed by atoms with Crippen molar-refractivity contribution in [1.29, 1.82) is 0 Å². The molecule has 4 fully saturated rings. The standard InChI is InChI=1S/2C5H12NOP.2C5H10NOP.2CH4.2H2S/c4*7-4-5-1-2-6(8)3-5;;;;/h2*5,7H,1-4,8H2;2*4-5H,1-3,8H2;2*1H4;2*1H2/t4*5-;;;;/m1010..../s1. The molecule has 0 aromatic rings. The molecule has 4 aliphatic rings. The van der Waals surface area contributed by atoms with Crippen molar-refractivity contribution in [2.75, 3.05) is 65.6 Å². The summed E-state index contributed by atoms with van der Waals surface area (Å²) >= 11 is 0. The van der Waals surface area contributed by atoms with Crippen LogP contribution < -0.4 is 0 Å². The molecule has 8 atom stereocenters. The van der Waals surface area contributed by atoms with Crippen molar-refractivity contribution in [3.05, 3.63) is 0 Å². The Morgan fingerprint density at radius 2 is 0.861 bits per heavy atom. The molecular formula is C22H56N4O4P4S2. The maximum atomic E-state index is 10.1. The highest BCUT2D eigenvalue weighted by Gasteiger charge is 2.19. The van der Waals surface area contributed by atoms with Gasteiger partial charge in [-0.2, -0.15) is 27.0 Å². The van der Waals surface area contributed by atoms with Gasteiger partial charge in [0.15, 0.2) is 0 Å². The second-order valence-corrected chi connectivity index (χ2v) is 11.9. The molecule has 2 N–H and O–H groups in total. The van der Waals surface area contributed by atoms with Gasteiger partial charge in [0.05, 0.1) is 0 Å². The monoisotopic (exact) mass is 628 g/mol. The Morgan fingerprint density at radius 3 is 0.972 bits per heavy atom. The fourth-order valence-electron chi connectivity index (χ4n) is 3.88. The molecule has 0 aromatic heterocycles. The van der Waals surface area contributed by atoms with E-state index in [1.807, 2.05) is 0 Å². The van der Waals surface area contributed by atoms with E-state index < -0.39 is 0 Å². The molecule has 0 spiro atoms. The zero-order valence-electron chi connectivity index (χ0n) is 20.2. The molecule has 0 bridgehead atoms. The maximum Gasteiger partial charge on any atom is 0.124 e. The minimum Gasteiger partial charge on any atom is -0.396 e. The second-order valence-electron chi connectivity index (χ2n) is 9.02. The zero-order valence-corrected chi connectivity index (χ0v) is 26.8. The van der Waals surface area contributed by atoms with Gasteiger partial charge in [0.25, 0.3) is 0 Å². The van der Waals surface area contributed by atoms with Crippen LogP contribution in [0.4, 0.5) is 0 Å². The SMILES string of the molecule is C.C.O=C[C@@H]1CCN(P)C1.O=C[C@H]1CCN(P)C1.OC[C@@H]1CCN(P)C1.OC[C@H]1CCN(P)C1.S.S. The van der Waals surface area contributed by atoms with Gasteiger partial charge in [-0.15, -0.1) is 0 Å². The van der Waals surface area contributed by atoms with Crippen LogP contribution >= 0.6 is 64.6 Å². The fraction of sp³-hybridized carbons (Fsp3) is 0.909. The number of carbonyl (C=O) groups excluding carboxylic acids is 2. The van der Waals surface area contributed by atoms with E-state index in [-0.39, 0.29) is 41.8 Å². The van der Waals surface area contributed by atoms with Crippen LogP contribution in [0.1, 0.15) is 40.5 Å². The molecule has 0 amide bonds. The molecule has 4 rings (SSSR count). The number of carbonyl (C=O) groups is 2. The van der Waals surface area contributed by atoms with E-state index in [2.05, 4.69) is 56.2 Å². The fourth-order valence-corrected chi connectivity index (χ4v) is 5.61. The van der Waals surface area contributed by atoms with Crippen molar-refractivity contribution in [1.82, 2.24) is 18.7 Å². The summed E-state index contributed by atoms with van der Waals surface area (Å²) in [5, 5.41) is 17.3. The first-order chi connectivity index (χ1) is 15.3. The Labute approximate surface area is 244 Å². The molecule has 0 aromatic carbocycles. The lowest BCUT2D eigenvalue weighted by Gasteiger charge is -2.05. The summed E-state index contributed by atoms with van der Waals surface area (Å²) in [6.45, 7) is 8.98. The molecule has 0 saturated carbocycles. The Kier molecular flexibility index (Phi) is 33.1. The van der Waals surface area contributed by atoms with Crippen LogP contribution in [0, 0.1) is 23.7 Å². The highest BCUT2D eigenvalue weighted by Crippen LogP contribution is 2.19. The second kappa shape index (κ2) is 26.7. The van der Waals surface area contributed by atoms with Crippen molar-refractivity contribution in [2.24, 2.45) is 23.7 Å². The lowest BCUT2D eigenvalue weighted by atomic mass is 10.1.